The molecule has 0 amide bonds. The molecule has 1 heterocycles. The van der Waals surface area contributed by atoms with E-state index in [1.165, 1.54) is 11.1 Å². The lowest BCUT2D eigenvalue weighted by atomic mass is 10.1. The van der Waals surface area contributed by atoms with E-state index < -0.39 is 0 Å². The molecular weight excluding hydrogens is 266 g/mol. The summed E-state index contributed by atoms with van der Waals surface area (Å²) in [6.45, 7) is 9.80. The van der Waals surface area contributed by atoms with Gasteiger partial charge in [0, 0.05) is 13.1 Å². The number of carbonyl (C=O) groups is 1. The Bertz CT molecular complexity index is 646. The molecule has 0 saturated carbocycles. The molecular formula is C16H23N3O2. The Hall–Kier alpha value is -2.04. The first-order valence-electron chi connectivity index (χ1n) is 7.43. The maximum Gasteiger partial charge on any atom is 0.307 e. The summed E-state index contributed by atoms with van der Waals surface area (Å²) < 4.78 is 7.06. The van der Waals surface area contributed by atoms with Crippen molar-refractivity contribution in [2.75, 3.05) is 18.5 Å². The Morgan fingerprint density at radius 1 is 1.29 bits per heavy atom. The highest BCUT2D eigenvalue weighted by Crippen LogP contribution is 2.23. The zero-order chi connectivity index (χ0) is 15.4. The molecule has 0 bridgehead atoms. The predicted octanol–water partition coefficient (Wildman–Crippen LogP) is 3.04. The van der Waals surface area contributed by atoms with E-state index in [0.717, 1.165) is 23.5 Å². The number of hydrogen-bond donors (Lipinski definition) is 1. The first-order valence-corrected chi connectivity index (χ1v) is 7.43. The lowest BCUT2D eigenvalue weighted by molar-refractivity contribution is -0.143. The van der Waals surface area contributed by atoms with E-state index in [9.17, 15) is 4.79 Å². The molecule has 0 aliphatic heterocycles. The van der Waals surface area contributed by atoms with Gasteiger partial charge in [-0.25, -0.2) is 4.98 Å². The predicted molar refractivity (Wildman–Crippen MR) is 84.6 cm³/mol. The summed E-state index contributed by atoms with van der Waals surface area (Å²) in [6.07, 6.45) is 0.352. The van der Waals surface area contributed by atoms with Gasteiger partial charge in [0.1, 0.15) is 0 Å². The number of rotatable bonds is 6. The monoisotopic (exact) mass is 289 g/mol. The number of benzene rings is 1. The molecule has 0 aliphatic rings. The molecule has 5 nitrogen and oxygen atoms in total. The maximum atomic E-state index is 11.6. The van der Waals surface area contributed by atoms with Crippen LogP contribution in [0.4, 0.5) is 5.95 Å². The third-order valence-electron chi connectivity index (χ3n) is 3.54. The molecule has 0 spiro atoms. The van der Waals surface area contributed by atoms with E-state index >= 15 is 0 Å². The Kier molecular flexibility index (Phi) is 4.83. The third-order valence-corrected chi connectivity index (χ3v) is 3.54. The number of anilines is 1. The van der Waals surface area contributed by atoms with Gasteiger partial charge in [-0.2, -0.15) is 0 Å². The second-order valence-electron chi connectivity index (χ2n) is 5.10. The summed E-state index contributed by atoms with van der Waals surface area (Å²) in [4.78, 5) is 16.2. The van der Waals surface area contributed by atoms with Gasteiger partial charge in [0.25, 0.3) is 0 Å². The van der Waals surface area contributed by atoms with Crippen LogP contribution in [0, 0.1) is 13.8 Å². The van der Waals surface area contributed by atoms with Crippen molar-refractivity contribution in [3.05, 3.63) is 23.3 Å². The van der Waals surface area contributed by atoms with Crippen molar-refractivity contribution in [1.82, 2.24) is 9.55 Å². The second-order valence-corrected chi connectivity index (χ2v) is 5.10. The van der Waals surface area contributed by atoms with Crippen LogP contribution in [0.15, 0.2) is 12.1 Å². The Balaban J connectivity index is 2.36. The molecule has 21 heavy (non-hydrogen) atoms. The number of nitrogens with one attached hydrogen (secondary N) is 1. The second kappa shape index (κ2) is 6.61. The standard InChI is InChI=1S/C16H23N3O2/c1-5-17-16-18-13-9-11(3)12(4)10-14(13)19(16)8-7-15(20)21-6-2/h9-10H,5-8H2,1-4H3,(H,17,18). The third kappa shape index (κ3) is 3.35. The molecule has 0 fully saturated rings. The van der Waals surface area contributed by atoms with Crippen LogP contribution >= 0.6 is 0 Å². The lowest BCUT2D eigenvalue weighted by Crippen LogP contribution is -2.12. The number of aromatic nitrogens is 2. The highest BCUT2D eigenvalue weighted by molar-refractivity contribution is 5.81. The number of imidazole rings is 1. The first kappa shape index (κ1) is 15.4. The van der Waals surface area contributed by atoms with Gasteiger partial charge in [0.15, 0.2) is 0 Å². The minimum atomic E-state index is -0.175. The molecule has 0 atom stereocenters. The van der Waals surface area contributed by atoms with Crippen LogP contribution in [0.2, 0.25) is 0 Å². The SMILES string of the molecule is CCNc1nc2cc(C)c(C)cc2n1CCC(=O)OCC. The van der Waals surface area contributed by atoms with Crippen molar-refractivity contribution < 1.29 is 9.53 Å². The van der Waals surface area contributed by atoms with Crippen LogP contribution < -0.4 is 5.32 Å². The molecule has 0 saturated heterocycles. The summed E-state index contributed by atoms with van der Waals surface area (Å²) in [7, 11) is 0. The quantitative estimate of drug-likeness (QED) is 0.830. The van der Waals surface area contributed by atoms with Crippen molar-refractivity contribution in [2.45, 2.75) is 40.7 Å². The van der Waals surface area contributed by atoms with Crippen LogP contribution in [0.5, 0.6) is 0 Å². The van der Waals surface area contributed by atoms with Gasteiger partial charge in [0.2, 0.25) is 5.95 Å². The Morgan fingerprint density at radius 2 is 2.00 bits per heavy atom. The summed E-state index contributed by atoms with van der Waals surface area (Å²) in [5, 5.41) is 3.26. The van der Waals surface area contributed by atoms with Gasteiger partial charge in [-0.05, 0) is 51.0 Å². The van der Waals surface area contributed by atoms with E-state index in [0.29, 0.717) is 19.6 Å². The molecule has 1 aromatic carbocycles. The topological polar surface area (TPSA) is 56.2 Å². The smallest absolute Gasteiger partial charge is 0.307 e. The van der Waals surface area contributed by atoms with E-state index in [1.807, 2.05) is 13.8 Å². The van der Waals surface area contributed by atoms with Crippen molar-refractivity contribution in [1.29, 1.82) is 0 Å². The first-order chi connectivity index (χ1) is 10.1. The number of ether oxygens (including phenoxy) is 1. The van der Waals surface area contributed by atoms with E-state index in [1.54, 1.807) is 0 Å². The van der Waals surface area contributed by atoms with Gasteiger partial charge in [-0.15, -0.1) is 0 Å². The number of carbonyl (C=O) groups excluding carboxylic acids is 1. The minimum absolute atomic E-state index is 0.175. The molecule has 114 valence electrons. The van der Waals surface area contributed by atoms with Crippen LogP contribution in [0.25, 0.3) is 11.0 Å². The van der Waals surface area contributed by atoms with Crippen LogP contribution in [0.3, 0.4) is 0 Å². The van der Waals surface area contributed by atoms with Crippen molar-refractivity contribution in [3.8, 4) is 0 Å². The average Bonchev–Trinajstić information content (AvgIpc) is 2.75. The summed E-state index contributed by atoms with van der Waals surface area (Å²) in [6, 6.07) is 4.22. The molecule has 0 radical (unpaired) electrons. The van der Waals surface area contributed by atoms with Crippen LogP contribution in [0.1, 0.15) is 31.4 Å². The highest BCUT2D eigenvalue weighted by atomic mass is 16.5. The molecule has 2 rings (SSSR count). The van der Waals surface area contributed by atoms with E-state index in [-0.39, 0.29) is 5.97 Å². The number of hydrogen-bond acceptors (Lipinski definition) is 4. The molecule has 0 unspecified atom stereocenters. The zero-order valence-corrected chi connectivity index (χ0v) is 13.2. The van der Waals surface area contributed by atoms with Gasteiger partial charge in [-0.1, -0.05) is 0 Å². The molecule has 0 aliphatic carbocycles. The van der Waals surface area contributed by atoms with Gasteiger partial charge in [-0.3, -0.25) is 4.79 Å². The van der Waals surface area contributed by atoms with Crippen LogP contribution in [-0.4, -0.2) is 28.7 Å². The van der Waals surface area contributed by atoms with Crippen LogP contribution in [-0.2, 0) is 16.1 Å². The number of esters is 1. The molecule has 2 aromatic rings. The van der Waals surface area contributed by atoms with Gasteiger partial charge >= 0.3 is 5.97 Å². The summed E-state index contributed by atoms with van der Waals surface area (Å²) >= 11 is 0. The normalized spacial score (nSPS) is 10.9. The van der Waals surface area contributed by atoms with Crippen molar-refractivity contribution in [2.24, 2.45) is 0 Å². The summed E-state index contributed by atoms with van der Waals surface area (Å²) in [5.74, 6) is 0.632. The molecule has 1 N–H and O–H groups in total. The number of nitrogens with zero attached hydrogens (tertiary/aromatic N) is 2. The molecule has 5 heteroatoms. The Morgan fingerprint density at radius 3 is 2.67 bits per heavy atom. The van der Waals surface area contributed by atoms with Gasteiger partial charge < -0.3 is 14.6 Å². The minimum Gasteiger partial charge on any atom is -0.466 e. The number of aryl methyl sites for hydroxylation is 3. The number of fused-ring (bicyclic) bond motifs is 1. The zero-order valence-electron chi connectivity index (χ0n) is 13.2. The maximum absolute atomic E-state index is 11.6. The largest absolute Gasteiger partial charge is 0.466 e. The fourth-order valence-corrected chi connectivity index (χ4v) is 2.34. The van der Waals surface area contributed by atoms with E-state index in [4.69, 9.17) is 4.74 Å². The average molecular weight is 289 g/mol. The highest BCUT2D eigenvalue weighted by Gasteiger charge is 2.13. The summed E-state index contributed by atoms with van der Waals surface area (Å²) in [5.41, 5.74) is 4.46. The van der Waals surface area contributed by atoms with Crippen molar-refractivity contribution >= 4 is 23.0 Å². The fraction of sp³-hybridized carbons (Fsp3) is 0.500. The Labute approximate surface area is 125 Å². The van der Waals surface area contributed by atoms with Gasteiger partial charge in [0.05, 0.1) is 24.1 Å². The molecule has 1 aromatic heterocycles. The van der Waals surface area contributed by atoms with Crippen molar-refractivity contribution in [3.63, 3.8) is 0 Å². The fourth-order valence-electron chi connectivity index (χ4n) is 2.34. The van der Waals surface area contributed by atoms with E-state index in [2.05, 4.69) is 40.8 Å². The lowest BCUT2D eigenvalue weighted by Gasteiger charge is -2.10.